The van der Waals surface area contributed by atoms with Gasteiger partial charge in [0, 0.05) is 37.8 Å². The predicted molar refractivity (Wildman–Crippen MR) is 166 cm³/mol. The lowest BCUT2D eigenvalue weighted by molar-refractivity contribution is -0.132. The Hall–Kier alpha value is -4.99. The number of nitrogens with zero attached hydrogens (tertiary/aromatic N) is 5. The van der Waals surface area contributed by atoms with Gasteiger partial charge in [-0.15, -0.1) is 10.2 Å². The zero-order chi connectivity index (χ0) is 31.1. The minimum Gasteiger partial charge on any atom is -0.497 e. The molecular weight excluding hydrogens is 561 g/mol. The van der Waals surface area contributed by atoms with Gasteiger partial charge in [-0.3, -0.25) is 9.59 Å². The van der Waals surface area contributed by atoms with E-state index in [1.807, 2.05) is 61.5 Å². The van der Waals surface area contributed by atoms with Gasteiger partial charge in [-0.05, 0) is 55.3 Å². The first-order valence-corrected chi connectivity index (χ1v) is 14.6. The summed E-state index contributed by atoms with van der Waals surface area (Å²) >= 11 is 0. The Kier molecular flexibility index (Phi) is 9.69. The SMILES string of the molecule is COc1ccc(-c2ccc(N3CCCN(C(=O)CN(C(=O)c4ccccc4F)C(C)c4ccccc4)CC3)nn2)c(OC)c1. The van der Waals surface area contributed by atoms with Crippen molar-refractivity contribution in [1.29, 1.82) is 0 Å². The second-order valence-electron chi connectivity index (χ2n) is 10.6. The van der Waals surface area contributed by atoms with Gasteiger partial charge in [0.2, 0.25) is 5.91 Å². The molecule has 0 radical (unpaired) electrons. The lowest BCUT2D eigenvalue weighted by atomic mass is 10.0. The molecule has 9 nitrogen and oxygen atoms in total. The summed E-state index contributed by atoms with van der Waals surface area (Å²) in [6.45, 7) is 3.93. The topological polar surface area (TPSA) is 88.1 Å². The summed E-state index contributed by atoms with van der Waals surface area (Å²) in [6, 6.07) is 24.2. The summed E-state index contributed by atoms with van der Waals surface area (Å²) in [5.41, 5.74) is 2.28. The van der Waals surface area contributed by atoms with E-state index in [0.717, 1.165) is 17.5 Å². The molecule has 1 fully saturated rings. The van der Waals surface area contributed by atoms with Crippen LogP contribution in [0.3, 0.4) is 0 Å². The van der Waals surface area contributed by atoms with Crippen molar-refractivity contribution in [3.8, 4) is 22.8 Å². The Balaban J connectivity index is 1.28. The molecule has 1 atom stereocenters. The van der Waals surface area contributed by atoms with Gasteiger partial charge in [0.25, 0.3) is 5.91 Å². The molecule has 0 aliphatic carbocycles. The molecule has 2 heterocycles. The number of carbonyl (C=O) groups is 2. The van der Waals surface area contributed by atoms with Crippen LogP contribution >= 0.6 is 0 Å². The lowest BCUT2D eigenvalue weighted by Crippen LogP contribution is -2.45. The van der Waals surface area contributed by atoms with Crippen molar-refractivity contribution in [1.82, 2.24) is 20.0 Å². The number of methoxy groups -OCH3 is 2. The molecule has 44 heavy (non-hydrogen) atoms. The van der Waals surface area contributed by atoms with E-state index < -0.39 is 17.8 Å². The van der Waals surface area contributed by atoms with Crippen molar-refractivity contribution < 1.29 is 23.5 Å². The molecule has 3 aromatic carbocycles. The van der Waals surface area contributed by atoms with Gasteiger partial charge in [-0.2, -0.15) is 0 Å². The Morgan fingerprint density at radius 2 is 1.66 bits per heavy atom. The number of hydrogen-bond acceptors (Lipinski definition) is 7. The average Bonchev–Trinajstić information content (AvgIpc) is 3.33. The smallest absolute Gasteiger partial charge is 0.257 e. The van der Waals surface area contributed by atoms with Crippen LogP contribution in [-0.2, 0) is 4.79 Å². The summed E-state index contributed by atoms with van der Waals surface area (Å²) in [7, 11) is 3.20. The minimum absolute atomic E-state index is 0.0561. The highest BCUT2D eigenvalue weighted by Gasteiger charge is 2.29. The molecule has 0 spiro atoms. The monoisotopic (exact) mass is 597 g/mol. The number of halogens is 1. The zero-order valence-electron chi connectivity index (χ0n) is 25.1. The summed E-state index contributed by atoms with van der Waals surface area (Å²) < 4.78 is 25.4. The van der Waals surface area contributed by atoms with Crippen molar-refractivity contribution in [3.63, 3.8) is 0 Å². The average molecular weight is 598 g/mol. The quantitative estimate of drug-likeness (QED) is 0.261. The number of benzene rings is 3. The van der Waals surface area contributed by atoms with E-state index in [0.29, 0.717) is 49.2 Å². The maximum Gasteiger partial charge on any atom is 0.257 e. The molecule has 1 saturated heterocycles. The van der Waals surface area contributed by atoms with E-state index in [1.165, 1.54) is 17.0 Å². The molecule has 228 valence electrons. The van der Waals surface area contributed by atoms with Gasteiger partial charge in [0.1, 0.15) is 23.9 Å². The van der Waals surface area contributed by atoms with Gasteiger partial charge in [0.05, 0.1) is 31.5 Å². The first-order chi connectivity index (χ1) is 21.4. The van der Waals surface area contributed by atoms with Gasteiger partial charge in [0.15, 0.2) is 5.82 Å². The summed E-state index contributed by atoms with van der Waals surface area (Å²) in [5.74, 6) is 0.718. The van der Waals surface area contributed by atoms with Crippen molar-refractivity contribution in [2.75, 3.05) is 51.8 Å². The largest absolute Gasteiger partial charge is 0.497 e. The van der Waals surface area contributed by atoms with E-state index >= 15 is 0 Å². The molecule has 10 heteroatoms. The molecule has 1 aliphatic rings. The summed E-state index contributed by atoms with van der Waals surface area (Å²) in [4.78, 5) is 32.5. The molecule has 0 N–H and O–H groups in total. The molecule has 1 aliphatic heterocycles. The second-order valence-corrected chi connectivity index (χ2v) is 10.6. The van der Waals surface area contributed by atoms with Crippen LogP contribution in [0.5, 0.6) is 11.5 Å². The van der Waals surface area contributed by atoms with Crippen LogP contribution in [0.2, 0.25) is 0 Å². The van der Waals surface area contributed by atoms with E-state index in [4.69, 9.17) is 9.47 Å². The van der Waals surface area contributed by atoms with Crippen LogP contribution in [-0.4, -0.2) is 78.8 Å². The van der Waals surface area contributed by atoms with Gasteiger partial charge in [-0.1, -0.05) is 42.5 Å². The molecule has 1 unspecified atom stereocenters. The molecule has 4 aromatic rings. The number of anilines is 1. The van der Waals surface area contributed by atoms with Crippen LogP contribution in [0.15, 0.2) is 84.9 Å². The Bertz CT molecular complexity index is 1580. The van der Waals surface area contributed by atoms with Crippen LogP contribution in [0.1, 0.15) is 35.3 Å². The van der Waals surface area contributed by atoms with E-state index in [1.54, 1.807) is 37.3 Å². The standard InChI is InChI=1S/C34H36FN5O4/c1-24(25-10-5-4-6-11-25)40(34(42)27-12-7-8-13-29(27)35)23-33(41)39-19-9-18-38(20-21-39)32-17-16-30(36-37-32)28-15-14-26(43-2)22-31(28)44-3/h4-8,10-17,22,24H,9,18-21,23H2,1-3H3. The van der Waals surface area contributed by atoms with E-state index in [9.17, 15) is 14.0 Å². The van der Waals surface area contributed by atoms with Crippen molar-refractivity contribution >= 4 is 17.6 Å². The van der Waals surface area contributed by atoms with E-state index in [2.05, 4.69) is 15.1 Å². The molecule has 0 saturated carbocycles. The first-order valence-electron chi connectivity index (χ1n) is 14.6. The van der Waals surface area contributed by atoms with Gasteiger partial charge >= 0.3 is 0 Å². The number of amides is 2. The zero-order valence-corrected chi connectivity index (χ0v) is 25.1. The number of carbonyl (C=O) groups excluding carboxylic acids is 2. The fourth-order valence-electron chi connectivity index (χ4n) is 5.37. The summed E-state index contributed by atoms with van der Waals surface area (Å²) in [6.07, 6.45) is 0.719. The van der Waals surface area contributed by atoms with Crippen LogP contribution in [0.25, 0.3) is 11.3 Å². The molecule has 5 rings (SSSR count). The number of hydrogen-bond donors (Lipinski definition) is 0. The number of ether oxygens (including phenoxy) is 2. The fourth-order valence-corrected chi connectivity index (χ4v) is 5.37. The maximum atomic E-state index is 14.6. The van der Waals surface area contributed by atoms with Crippen molar-refractivity contribution in [2.24, 2.45) is 0 Å². The Labute approximate surface area is 256 Å². The predicted octanol–water partition coefficient (Wildman–Crippen LogP) is 5.24. The molecular formula is C34H36FN5O4. The van der Waals surface area contributed by atoms with Gasteiger partial charge < -0.3 is 24.2 Å². The maximum absolute atomic E-state index is 14.6. The molecule has 1 aromatic heterocycles. The minimum atomic E-state index is -0.613. The van der Waals surface area contributed by atoms with Crippen LogP contribution in [0, 0.1) is 5.82 Å². The van der Waals surface area contributed by atoms with Crippen molar-refractivity contribution in [2.45, 2.75) is 19.4 Å². The molecule has 2 amide bonds. The summed E-state index contributed by atoms with van der Waals surface area (Å²) in [5, 5.41) is 8.92. The Morgan fingerprint density at radius 3 is 2.36 bits per heavy atom. The highest BCUT2D eigenvalue weighted by molar-refractivity contribution is 5.97. The number of rotatable bonds is 9. The first kappa shape index (κ1) is 30.5. The normalized spacial score (nSPS) is 14.0. The third-order valence-corrected chi connectivity index (χ3v) is 7.93. The van der Waals surface area contributed by atoms with Crippen LogP contribution in [0.4, 0.5) is 10.2 Å². The second kappa shape index (κ2) is 14.0. The lowest BCUT2D eigenvalue weighted by Gasteiger charge is -2.32. The van der Waals surface area contributed by atoms with Gasteiger partial charge in [-0.25, -0.2) is 4.39 Å². The van der Waals surface area contributed by atoms with E-state index in [-0.39, 0.29) is 18.0 Å². The highest BCUT2D eigenvalue weighted by atomic mass is 19.1. The third kappa shape index (κ3) is 6.80. The van der Waals surface area contributed by atoms with Crippen molar-refractivity contribution in [3.05, 3.63) is 102 Å². The fraction of sp³-hybridized carbons (Fsp3) is 0.294. The molecule has 0 bridgehead atoms. The highest BCUT2D eigenvalue weighted by Crippen LogP contribution is 2.32. The number of aromatic nitrogens is 2. The third-order valence-electron chi connectivity index (χ3n) is 7.93. The van der Waals surface area contributed by atoms with Crippen LogP contribution < -0.4 is 14.4 Å². The Morgan fingerprint density at radius 1 is 0.886 bits per heavy atom.